The second-order valence-corrected chi connectivity index (χ2v) is 14.8. The van der Waals surface area contributed by atoms with Crippen molar-refractivity contribution in [2.45, 2.75) is 61.5 Å². The van der Waals surface area contributed by atoms with Gasteiger partial charge in [0.15, 0.2) is 0 Å². The Kier molecular flexibility index (Phi) is 10.5. The summed E-state index contributed by atoms with van der Waals surface area (Å²) in [6.07, 6.45) is 6.75. The van der Waals surface area contributed by atoms with Crippen LogP contribution in [-0.2, 0) is 14.4 Å². The normalized spacial score (nSPS) is 26.1. The number of anilines is 2. The van der Waals surface area contributed by atoms with Crippen LogP contribution in [0.4, 0.5) is 11.4 Å². The van der Waals surface area contributed by atoms with Crippen molar-refractivity contribution in [1.82, 2.24) is 4.90 Å². The molecule has 0 radical (unpaired) electrons. The molecule has 46 heavy (non-hydrogen) atoms. The van der Waals surface area contributed by atoms with Gasteiger partial charge >= 0.3 is 0 Å². The molecule has 2 aromatic carbocycles. The van der Waals surface area contributed by atoms with Gasteiger partial charge in [0.25, 0.3) is 5.91 Å². The summed E-state index contributed by atoms with van der Waals surface area (Å²) in [4.78, 5) is 49.3. The van der Waals surface area contributed by atoms with E-state index in [0.717, 1.165) is 6.42 Å². The van der Waals surface area contributed by atoms with Crippen LogP contribution in [0.2, 0.25) is 5.02 Å². The van der Waals surface area contributed by atoms with Gasteiger partial charge in [0.05, 0.1) is 23.2 Å². The van der Waals surface area contributed by atoms with Crippen LogP contribution in [0.25, 0.3) is 0 Å². The Morgan fingerprint density at radius 3 is 2.20 bits per heavy atom. The van der Waals surface area contributed by atoms with E-state index in [1.807, 2.05) is 31.2 Å². The molecule has 3 heterocycles. The fourth-order valence-corrected chi connectivity index (χ4v) is 10.1. The maximum atomic E-state index is 14.8. The van der Waals surface area contributed by atoms with Gasteiger partial charge in [-0.3, -0.25) is 14.4 Å². The quantitative estimate of drug-likeness (QED) is 0.182. The topological polar surface area (TPSA) is 90.4 Å². The van der Waals surface area contributed by atoms with Crippen molar-refractivity contribution < 1.29 is 24.2 Å². The number of hydrogen-bond donors (Lipinski definition) is 1. The number of amides is 3. The van der Waals surface area contributed by atoms with E-state index in [2.05, 4.69) is 20.1 Å². The first-order chi connectivity index (χ1) is 22.2. The summed E-state index contributed by atoms with van der Waals surface area (Å²) < 4.78 is 4.34. The first-order valence-corrected chi connectivity index (χ1v) is 17.3. The van der Waals surface area contributed by atoms with Gasteiger partial charge < -0.3 is 24.5 Å². The van der Waals surface area contributed by atoms with Crippen molar-refractivity contribution in [3.8, 4) is 5.75 Å². The first kappa shape index (κ1) is 34.1. The number of nitrogens with zero attached hydrogens (tertiary/aromatic N) is 3. The van der Waals surface area contributed by atoms with Crippen molar-refractivity contribution in [1.29, 1.82) is 0 Å². The number of rotatable bonds is 15. The van der Waals surface area contributed by atoms with Crippen LogP contribution in [0.5, 0.6) is 5.75 Å². The lowest BCUT2D eigenvalue weighted by molar-refractivity contribution is -0.139. The van der Waals surface area contributed by atoms with Crippen molar-refractivity contribution in [3.63, 3.8) is 0 Å². The van der Waals surface area contributed by atoms with Crippen LogP contribution in [0.15, 0.2) is 73.8 Å². The second kappa shape index (κ2) is 14.2. The number of ether oxygens (including phenoxy) is 1. The van der Waals surface area contributed by atoms with Gasteiger partial charge in [0.1, 0.15) is 11.8 Å². The zero-order chi connectivity index (χ0) is 33.1. The van der Waals surface area contributed by atoms with Gasteiger partial charge in [-0.25, -0.2) is 0 Å². The second-order valence-electron chi connectivity index (χ2n) is 12.4. The number of carbonyl (C=O) groups is 3. The average molecular weight is 666 g/mol. The Hall–Kier alpha value is -3.27. The van der Waals surface area contributed by atoms with E-state index in [1.165, 1.54) is 0 Å². The highest BCUT2D eigenvalue weighted by Gasteiger charge is 2.77. The number of aliphatic hydroxyl groups is 1. The van der Waals surface area contributed by atoms with Crippen LogP contribution in [0.3, 0.4) is 0 Å². The van der Waals surface area contributed by atoms with Crippen molar-refractivity contribution in [3.05, 3.63) is 78.9 Å². The summed E-state index contributed by atoms with van der Waals surface area (Å²) in [5.74, 6) is -1.01. The van der Waals surface area contributed by atoms with E-state index < -0.39 is 27.4 Å². The highest BCUT2D eigenvalue weighted by molar-refractivity contribution is 8.02. The molecule has 1 spiro atoms. The lowest BCUT2D eigenvalue weighted by Crippen LogP contribution is -2.55. The Morgan fingerprint density at radius 2 is 1.61 bits per heavy atom. The van der Waals surface area contributed by atoms with E-state index >= 15 is 0 Å². The standard InChI is InChI=1S/C36H44ClN3O5S/c1-5-21-38(27-15-17-28(18-16-27)45-7-3)32(42)29-30-33(43)40(23-9-8-10-24-41)31(36(30)20-19-35(29,4)46-36)34(44)39(22-6-2)26-13-11-25(37)12-14-26/h5-6,11-18,29-31,41H,1-2,7-10,19-24H2,3-4H3/t29-,30+,31?,35+,36?/m1/s1. The molecule has 3 aliphatic rings. The predicted molar refractivity (Wildman–Crippen MR) is 186 cm³/mol. The van der Waals surface area contributed by atoms with Crippen LogP contribution in [0, 0.1) is 11.8 Å². The highest BCUT2D eigenvalue weighted by atomic mass is 35.5. The molecule has 246 valence electrons. The number of fused-ring (bicyclic) bond motifs is 1. The van der Waals surface area contributed by atoms with E-state index in [-0.39, 0.29) is 37.4 Å². The minimum absolute atomic E-state index is 0.0714. The lowest BCUT2D eigenvalue weighted by Gasteiger charge is -2.38. The molecule has 2 aromatic rings. The summed E-state index contributed by atoms with van der Waals surface area (Å²) in [5.41, 5.74) is 1.38. The average Bonchev–Trinajstić information content (AvgIpc) is 3.62. The summed E-state index contributed by atoms with van der Waals surface area (Å²) in [5, 5.41) is 9.94. The maximum absolute atomic E-state index is 14.8. The molecule has 5 rings (SSSR count). The number of halogens is 1. The number of unbranched alkanes of at least 4 members (excludes halogenated alkanes) is 2. The van der Waals surface area contributed by atoms with Crippen molar-refractivity contribution in [2.24, 2.45) is 11.8 Å². The third kappa shape index (κ3) is 6.09. The zero-order valence-electron chi connectivity index (χ0n) is 26.7. The molecule has 0 saturated carbocycles. The van der Waals surface area contributed by atoms with E-state index in [1.54, 1.807) is 62.9 Å². The number of likely N-dealkylation sites (tertiary alicyclic amines) is 1. The molecule has 8 nitrogen and oxygen atoms in total. The van der Waals surface area contributed by atoms with Gasteiger partial charge in [-0.1, -0.05) is 23.8 Å². The largest absolute Gasteiger partial charge is 0.494 e. The molecule has 2 unspecified atom stereocenters. The fourth-order valence-electron chi connectivity index (χ4n) is 7.62. The molecule has 3 saturated heterocycles. The maximum Gasteiger partial charge on any atom is 0.251 e. The van der Waals surface area contributed by atoms with E-state index in [0.29, 0.717) is 61.0 Å². The predicted octanol–water partition coefficient (Wildman–Crippen LogP) is 6.12. The molecular formula is C36H44ClN3O5S. The summed E-state index contributed by atoms with van der Waals surface area (Å²) in [7, 11) is 0. The first-order valence-electron chi connectivity index (χ1n) is 16.1. The van der Waals surface area contributed by atoms with Gasteiger partial charge in [0, 0.05) is 47.4 Å². The van der Waals surface area contributed by atoms with Gasteiger partial charge in [-0.2, -0.15) is 0 Å². The number of carbonyl (C=O) groups excluding carboxylic acids is 3. The number of thioether (sulfide) groups is 1. The van der Waals surface area contributed by atoms with Crippen molar-refractivity contribution in [2.75, 3.05) is 42.6 Å². The summed E-state index contributed by atoms with van der Waals surface area (Å²) in [6, 6.07) is 13.8. The van der Waals surface area contributed by atoms with Gasteiger partial charge in [-0.15, -0.1) is 24.9 Å². The molecule has 0 aliphatic carbocycles. The number of hydrogen-bond acceptors (Lipinski definition) is 6. The summed E-state index contributed by atoms with van der Waals surface area (Å²) in [6.45, 7) is 13.4. The Morgan fingerprint density at radius 1 is 1.00 bits per heavy atom. The monoisotopic (exact) mass is 665 g/mol. The number of benzene rings is 2. The molecule has 1 N–H and O–H groups in total. The molecule has 2 bridgehead atoms. The Labute approximate surface area is 281 Å². The molecule has 3 amide bonds. The SMILES string of the molecule is C=CCN(C(=O)C1N(CCCCCO)C(=O)[C@@H]2[C@H](C(=O)N(CC=C)c3ccc(OCC)cc3)[C@]3(C)CCC12S3)c1ccc(Cl)cc1. The third-order valence-corrected chi connectivity index (χ3v) is 11.8. The minimum atomic E-state index is -0.759. The smallest absolute Gasteiger partial charge is 0.251 e. The minimum Gasteiger partial charge on any atom is -0.494 e. The third-order valence-electron chi connectivity index (χ3n) is 9.59. The molecule has 3 fully saturated rings. The molecule has 3 aliphatic heterocycles. The lowest BCUT2D eigenvalue weighted by atomic mass is 9.66. The molecule has 10 heteroatoms. The molecule has 5 atom stereocenters. The van der Waals surface area contributed by atoms with Crippen LogP contribution in [0.1, 0.15) is 46.0 Å². The van der Waals surface area contributed by atoms with Crippen LogP contribution < -0.4 is 14.5 Å². The van der Waals surface area contributed by atoms with Crippen LogP contribution >= 0.6 is 23.4 Å². The molecular weight excluding hydrogens is 622 g/mol. The zero-order valence-corrected chi connectivity index (χ0v) is 28.3. The van der Waals surface area contributed by atoms with E-state index in [9.17, 15) is 19.5 Å². The van der Waals surface area contributed by atoms with Crippen LogP contribution in [-0.4, -0.2) is 76.1 Å². The van der Waals surface area contributed by atoms with E-state index in [4.69, 9.17) is 16.3 Å². The molecule has 0 aromatic heterocycles. The summed E-state index contributed by atoms with van der Waals surface area (Å²) >= 11 is 7.84. The highest BCUT2D eigenvalue weighted by Crippen LogP contribution is 2.71. The fraction of sp³-hybridized carbons (Fsp3) is 0.472. The van der Waals surface area contributed by atoms with Gasteiger partial charge in [0.2, 0.25) is 11.8 Å². The number of aliphatic hydroxyl groups excluding tert-OH is 1. The Balaban J connectivity index is 1.55. The van der Waals surface area contributed by atoms with Crippen molar-refractivity contribution >= 4 is 52.5 Å². The van der Waals surface area contributed by atoms with Gasteiger partial charge in [-0.05, 0) is 94.5 Å². The Bertz CT molecular complexity index is 1450.